The van der Waals surface area contributed by atoms with Crippen LogP contribution in [-0.2, 0) is 6.42 Å². The summed E-state index contributed by atoms with van der Waals surface area (Å²) in [6.45, 7) is 3.91. The number of hydrogen-bond acceptors (Lipinski definition) is 2. The van der Waals surface area contributed by atoms with E-state index in [4.69, 9.17) is 5.73 Å². The van der Waals surface area contributed by atoms with E-state index in [2.05, 4.69) is 21.0 Å². The number of nitrogens with one attached hydrogen (secondary N) is 1. The van der Waals surface area contributed by atoms with Gasteiger partial charge in [0.1, 0.15) is 5.69 Å². The van der Waals surface area contributed by atoms with E-state index in [1.165, 1.54) is 4.68 Å². The van der Waals surface area contributed by atoms with Gasteiger partial charge in [-0.2, -0.15) is 0 Å². The van der Waals surface area contributed by atoms with Crippen molar-refractivity contribution in [1.29, 1.82) is 0 Å². The van der Waals surface area contributed by atoms with Gasteiger partial charge in [0, 0.05) is 4.47 Å². The van der Waals surface area contributed by atoms with Crippen LogP contribution in [0.25, 0.3) is 5.69 Å². The van der Waals surface area contributed by atoms with Gasteiger partial charge in [-0.15, -0.1) is 0 Å². The largest absolute Gasteiger partial charge is 0.393 e. The molecule has 0 fully saturated rings. The number of aryl methyl sites for hydroxylation is 2. The van der Waals surface area contributed by atoms with Crippen LogP contribution in [0.1, 0.15) is 18.2 Å². The average molecular weight is 296 g/mol. The molecule has 4 nitrogen and oxygen atoms in total. The highest BCUT2D eigenvalue weighted by Gasteiger charge is 2.12. The predicted molar refractivity (Wildman–Crippen MR) is 72.6 cm³/mol. The van der Waals surface area contributed by atoms with Crippen LogP contribution in [0.15, 0.2) is 27.5 Å². The van der Waals surface area contributed by atoms with Gasteiger partial charge in [-0.1, -0.05) is 22.9 Å². The molecule has 2 aromatic rings. The van der Waals surface area contributed by atoms with Gasteiger partial charge in [0.25, 0.3) is 5.56 Å². The van der Waals surface area contributed by atoms with Crippen molar-refractivity contribution < 1.29 is 0 Å². The first-order valence-corrected chi connectivity index (χ1v) is 6.19. The number of halogens is 1. The Balaban J connectivity index is 2.65. The van der Waals surface area contributed by atoms with Crippen molar-refractivity contribution in [2.75, 3.05) is 5.73 Å². The second-order valence-electron chi connectivity index (χ2n) is 3.93. The number of aromatic nitrogens is 2. The summed E-state index contributed by atoms with van der Waals surface area (Å²) in [4.78, 5) is 12.0. The highest BCUT2D eigenvalue weighted by atomic mass is 79.9. The molecule has 17 heavy (non-hydrogen) atoms. The van der Waals surface area contributed by atoms with Crippen molar-refractivity contribution in [2.24, 2.45) is 0 Å². The lowest BCUT2D eigenvalue weighted by molar-refractivity contribution is 0.813. The molecule has 2 rings (SSSR count). The second-order valence-corrected chi connectivity index (χ2v) is 4.84. The standard InChI is InChI=1S/C12H14BrN3O/c1-3-9-11(14)12(17)16(15-9)10-5-4-8(13)6-7(10)2/h4-6,15H,3,14H2,1-2H3. The molecule has 0 atom stereocenters. The van der Waals surface area contributed by atoms with Crippen LogP contribution in [0.4, 0.5) is 5.69 Å². The van der Waals surface area contributed by atoms with Crippen LogP contribution in [0, 0.1) is 6.92 Å². The van der Waals surface area contributed by atoms with Crippen LogP contribution in [0.3, 0.4) is 0 Å². The number of aromatic amines is 1. The van der Waals surface area contributed by atoms with Crippen LogP contribution >= 0.6 is 15.9 Å². The van der Waals surface area contributed by atoms with Gasteiger partial charge in [-0.25, -0.2) is 4.68 Å². The fourth-order valence-electron chi connectivity index (χ4n) is 1.80. The van der Waals surface area contributed by atoms with Gasteiger partial charge in [-0.05, 0) is 37.1 Å². The maximum Gasteiger partial charge on any atom is 0.294 e. The molecule has 0 saturated carbocycles. The number of rotatable bonds is 2. The summed E-state index contributed by atoms with van der Waals surface area (Å²) >= 11 is 3.40. The predicted octanol–water partition coefficient (Wildman–Crippen LogP) is 2.38. The zero-order valence-electron chi connectivity index (χ0n) is 9.75. The zero-order chi connectivity index (χ0) is 12.6. The second kappa shape index (κ2) is 4.41. The summed E-state index contributed by atoms with van der Waals surface area (Å²) in [5.74, 6) is 0. The summed E-state index contributed by atoms with van der Waals surface area (Å²) < 4.78 is 2.48. The van der Waals surface area contributed by atoms with Crippen LogP contribution in [-0.4, -0.2) is 9.78 Å². The van der Waals surface area contributed by atoms with Crippen molar-refractivity contribution in [3.05, 3.63) is 44.3 Å². The first-order valence-electron chi connectivity index (χ1n) is 5.40. The number of nitrogens with two attached hydrogens (primary N) is 1. The molecule has 0 unspecified atom stereocenters. The van der Waals surface area contributed by atoms with Crippen LogP contribution in [0.2, 0.25) is 0 Å². The molecular formula is C12H14BrN3O. The quantitative estimate of drug-likeness (QED) is 0.893. The van der Waals surface area contributed by atoms with Crippen molar-refractivity contribution in [1.82, 2.24) is 9.78 Å². The molecule has 1 aromatic heterocycles. The van der Waals surface area contributed by atoms with Crippen LogP contribution < -0.4 is 11.3 Å². The number of H-pyrrole nitrogens is 1. The van der Waals surface area contributed by atoms with Gasteiger partial charge in [0.2, 0.25) is 0 Å². The van der Waals surface area contributed by atoms with E-state index in [1.807, 2.05) is 32.0 Å². The summed E-state index contributed by atoms with van der Waals surface area (Å²) in [6.07, 6.45) is 0.712. The Labute approximate surface area is 108 Å². The Morgan fingerprint density at radius 3 is 2.71 bits per heavy atom. The summed E-state index contributed by atoms with van der Waals surface area (Å²) in [5.41, 5.74) is 8.47. The molecule has 0 aliphatic carbocycles. The molecule has 0 radical (unpaired) electrons. The fourth-order valence-corrected chi connectivity index (χ4v) is 2.28. The molecular weight excluding hydrogens is 282 g/mol. The minimum atomic E-state index is -0.188. The monoisotopic (exact) mass is 295 g/mol. The van der Waals surface area contributed by atoms with Gasteiger partial charge in [0.15, 0.2) is 0 Å². The molecule has 0 spiro atoms. The third-order valence-corrected chi connectivity index (χ3v) is 3.25. The number of hydrogen-bond donors (Lipinski definition) is 2. The SMILES string of the molecule is CCc1[nH]n(-c2ccc(Br)cc2C)c(=O)c1N. The normalized spacial score (nSPS) is 10.8. The van der Waals surface area contributed by atoms with E-state index in [0.29, 0.717) is 12.1 Å². The first-order chi connectivity index (χ1) is 8.04. The Bertz CT molecular complexity index is 613. The Morgan fingerprint density at radius 2 is 2.18 bits per heavy atom. The summed E-state index contributed by atoms with van der Waals surface area (Å²) in [7, 11) is 0. The molecule has 5 heteroatoms. The highest BCUT2D eigenvalue weighted by Crippen LogP contribution is 2.18. The number of nitrogen functional groups attached to an aromatic ring is 1. The summed E-state index contributed by atoms with van der Waals surface area (Å²) in [6, 6.07) is 5.75. The molecule has 0 aliphatic heterocycles. The third-order valence-electron chi connectivity index (χ3n) is 2.76. The van der Waals surface area contributed by atoms with Crippen LogP contribution in [0.5, 0.6) is 0 Å². The van der Waals surface area contributed by atoms with E-state index in [9.17, 15) is 4.79 Å². The molecule has 0 amide bonds. The zero-order valence-corrected chi connectivity index (χ0v) is 11.3. The molecule has 0 aliphatic rings. The molecule has 90 valence electrons. The lowest BCUT2D eigenvalue weighted by Crippen LogP contribution is -2.17. The number of benzene rings is 1. The lowest BCUT2D eigenvalue weighted by atomic mass is 10.2. The topological polar surface area (TPSA) is 63.8 Å². The van der Waals surface area contributed by atoms with Crippen molar-refractivity contribution in [3.8, 4) is 5.69 Å². The molecule has 1 aromatic carbocycles. The van der Waals surface area contributed by atoms with Crippen molar-refractivity contribution >= 4 is 21.6 Å². The maximum absolute atomic E-state index is 12.0. The summed E-state index contributed by atoms with van der Waals surface area (Å²) in [5, 5.41) is 3.04. The minimum absolute atomic E-state index is 0.188. The molecule has 0 bridgehead atoms. The average Bonchev–Trinajstić information content (AvgIpc) is 2.57. The van der Waals surface area contributed by atoms with Crippen molar-refractivity contribution in [3.63, 3.8) is 0 Å². The first kappa shape index (κ1) is 12.0. The number of nitrogens with zero attached hydrogens (tertiary/aromatic N) is 1. The van der Waals surface area contributed by atoms with Gasteiger partial charge in [0.05, 0.1) is 11.4 Å². The van der Waals surface area contributed by atoms with E-state index in [0.717, 1.165) is 21.4 Å². The van der Waals surface area contributed by atoms with Gasteiger partial charge >= 0.3 is 0 Å². The smallest absolute Gasteiger partial charge is 0.294 e. The Hall–Kier alpha value is -1.49. The van der Waals surface area contributed by atoms with Gasteiger partial charge < -0.3 is 5.73 Å². The maximum atomic E-state index is 12.0. The number of anilines is 1. The molecule has 0 saturated heterocycles. The Morgan fingerprint density at radius 1 is 1.47 bits per heavy atom. The fraction of sp³-hybridized carbons (Fsp3) is 0.250. The van der Waals surface area contributed by atoms with Crippen molar-refractivity contribution in [2.45, 2.75) is 20.3 Å². The molecule has 3 N–H and O–H groups in total. The van der Waals surface area contributed by atoms with E-state index >= 15 is 0 Å². The van der Waals surface area contributed by atoms with Gasteiger partial charge in [-0.3, -0.25) is 9.89 Å². The highest BCUT2D eigenvalue weighted by molar-refractivity contribution is 9.10. The van der Waals surface area contributed by atoms with E-state index in [-0.39, 0.29) is 5.56 Å². The van der Waals surface area contributed by atoms with E-state index in [1.54, 1.807) is 0 Å². The lowest BCUT2D eigenvalue weighted by Gasteiger charge is -2.06. The van der Waals surface area contributed by atoms with E-state index < -0.39 is 0 Å². The third kappa shape index (κ3) is 2.02. The Kier molecular flexibility index (Phi) is 3.11. The minimum Gasteiger partial charge on any atom is -0.393 e. The molecule has 1 heterocycles.